The van der Waals surface area contributed by atoms with Crippen LogP contribution in [0.2, 0.25) is 0 Å². The van der Waals surface area contributed by atoms with Crippen molar-refractivity contribution in [3.05, 3.63) is 24.2 Å². The summed E-state index contributed by atoms with van der Waals surface area (Å²) in [7, 11) is -2.98. The van der Waals surface area contributed by atoms with Crippen LogP contribution in [-0.4, -0.2) is 45.7 Å². The van der Waals surface area contributed by atoms with Crippen molar-refractivity contribution in [3.8, 4) is 0 Å². The average Bonchev–Trinajstić information content (AvgIpc) is 2.97. The van der Waals surface area contributed by atoms with Crippen LogP contribution in [-0.2, 0) is 22.8 Å². The second-order valence-corrected chi connectivity index (χ2v) is 7.84. The van der Waals surface area contributed by atoms with Crippen molar-refractivity contribution in [1.29, 1.82) is 0 Å². The molecule has 0 spiro atoms. The van der Waals surface area contributed by atoms with E-state index in [1.807, 2.05) is 16.7 Å². The van der Waals surface area contributed by atoms with Crippen LogP contribution in [0.4, 0.5) is 0 Å². The summed E-state index contributed by atoms with van der Waals surface area (Å²) in [4.78, 5) is 8.88. The van der Waals surface area contributed by atoms with Crippen LogP contribution in [0.1, 0.15) is 25.1 Å². The number of aliphatic hydroxyl groups excluding tert-OH is 1. The number of hydrogen-bond acceptors (Lipinski definition) is 5. The number of aromatic nitrogens is 3. The largest absolute Gasteiger partial charge is 0.396 e. The van der Waals surface area contributed by atoms with Gasteiger partial charge >= 0.3 is 0 Å². The molecule has 0 aromatic carbocycles. The first-order valence-corrected chi connectivity index (χ1v) is 8.96. The van der Waals surface area contributed by atoms with Gasteiger partial charge in [-0.2, -0.15) is 0 Å². The standard InChI is InChI=1S/C14H19N3O3S/c18-8-3-7-17-13(10-11-4-2-9-21(11,19)20)16-12-5-1-6-15-14(12)17/h1,5-6,11,18H,2-4,7-10H2. The summed E-state index contributed by atoms with van der Waals surface area (Å²) in [6, 6.07) is 3.70. The van der Waals surface area contributed by atoms with Gasteiger partial charge in [0.25, 0.3) is 0 Å². The maximum atomic E-state index is 12.0. The highest BCUT2D eigenvalue weighted by Crippen LogP contribution is 2.25. The van der Waals surface area contributed by atoms with E-state index in [0.29, 0.717) is 25.8 Å². The van der Waals surface area contributed by atoms with E-state index in [4.69, 9.17) is 5.11 Å². The molecule has 6 nitrogen and oxygen atoms in total. The molecule has 114 valence electrons. The van der Waals surface area contributed by atoms with Gasteiger partial charge in [0.1, 0.15) is 11.3 Å². The molecule has 0 bridgehead atoms. The third-order valence-corrected chi connectivity index (χ3v) is 6.27. The van der Waals surface area contributed by atoms with Crippen molar-refractivity contribution in [2.24, 2.45) is 0 Å². The highest BCUT2D eigenvalue weighted by Gasteiger charge is 2.32. The number of pyridine rings is 1. The monoisotopic (exact) mass is 309 g/mol. The fourth-order valence-electron chi connectivity index (χ4n) is 2.92. The number of hydrogen-bond donors (Lipinski definition) is 1. The molecular formula is C14H19N3O3S. The molecule has 0 radical (unpaired) electrons. The summed E-state index contributed by atoms with van der Waals surface area (Å²) in [5.41, 5.74) is 1.54. The molecule has 1 aliphatic heterocycles. The van der Waals surface area contributed by atoms with Crippen molar-refractivity contribution in [2.75, 3.05) is 12.4 Å². The Morgan fingerprint density at radius 1 is 1.43 bits per heavy atom. The van der Waals surface area contributed by atoms with E-state index in [2.05, 4.69) is 9.97 Å². The van der Waals surface area contributed by atoms with E-state index in [1.54, 1.807) is 6.20 Å². The minimum absolute atomic E-state index is 0.0909. The Labute approximate surface area is 123 Å². The third kappa shape index (κ3) is 2.80. The van der Waals surface area contributed by atoms with Gasteiger partial charge in [0.05, 0.1) is 11.0 Å². The van der Waals surface area contributed by atoms with Crippen molar-refractivity contribution < 1.29 is 13.5 Å². The predicted molar refractivity (Wildman–Crippen MR) is 79.7 cm³/mol. The molecule has 3 rings (SSSR count). The van der Waals surface area contributed by atoms with Crippen LogP contribution in [0.5, 0.6) is 0 Å². The minimum atomic E-state index is -2.98. The number of nitrogens with zero attached hydrogens (tertiary/aromatic N) is 3. The molecule has 21 heavy (non-hydrogen) atoms. The first-order chi connectivity index (χ1) is 10.1. The smallest absolute Gasteiger partial charge is 0.159 e. The fourth-order valence-corrected chi connectivity index (χ4v) is 4.75. The van der Waals surface area contributed by atoms with Gasteiger partial charge in [-0.15, -0.1) is 0 Å². The van der Waals surface area contributed by atoms with Gasteiger partial charge in [-0.3, -0.25) is 0 Å². The quantitative estimate of drug-likeness (QED) is 0.888. The van der Waals surface area contributed by atoms with E-state index in [0.717, 1.165) is 23.4 Å². The molecule has 3 heterocycles. The zero-order valence-corrected chi connectivity index (χ0v) is 12.6. The van der Waals surface area contributed by atoms with Gasteiger partial charge in [-0.1, -0.05) is 0 Å². The van der Waals surface area contributed by atoms with Gasteiger partial charge in [0.15, 0.2) is 15.5 Å². The van der Waals surface area contributed by atoms with Gasteiger partial charge in [0, 0.05) is 25.8 Å². The number of rotatable bonds is 5. The van der Waals surface area contributed by atoms with Crippen LogP contribution in [0.15, 0.2) is 18.3 Å². The second kappa shape index (κ2) is 5.73. The summed E-state index contributed by atoms with van der Waals surface area (Å²) >= 11 is 0. The molecule has 1 unspecified atom stereocenters. The SMILES string of the molecule is O=S1(=O)CCCC1Cc1nc2cccnc2n1CCCO. The fraction of sp³-hybridized carbons (Fsp3) is 0.571. The third-order valence-electron chi connectivity index (χ3n) is 4.00. The molecule has 1 atom stereocenters. The van der Waals surface area contributed by atoms with Crippen molar-refractivity contribution in [3.63, 3.8) is 0 Å². The normalized spacial score (nSPS) is 21.1. The number of imidazole rings is 1. The molecule has 0 aliphatic carbocycles. The Morgan fingerprint density at radius 3 is 3.00 bits per heavy atom. The summed E-state index contributed by atoms with van der Waals surface area (Å²) in [6.45, 7) is 0.694. The van der Waals surface area contributed by atoms with E-state index in [9.17, 15) is 8.42 Å². The van der Waals surface area contributed by atoms with Crippen LogP contribution >= 0.6 is 0 Å². The van der Waals surface area contributed by atoms with Crippen LogP contribution in [0.25, 0.3) is 11.2 Å². The Morgan fingerprint density at radius 2 is 2.29 bits per heavy atom. The topological polar surface area (TPSA) is 85.1 Å². The highest BCUT2D eigenvalue weighted by atomic mass is 32.2. The summed E-state index contributed by atoms with van der Waals surface area (Å²) < 4.78 is 26.0. The van der Waals surface area contributed by atoms with E-state index < -0.39 is 9.84 Å². The average molecular weight is 309 g/mol. The van der Waals surface area contributed by atoms with Crippen molar-refractivity contribution >= 4 is 21.0 Å². The minimum Gasteiger partial charge on any atom is -0.396 e. The number of sulfone groups is 1. The molecule has 1 saturated heterocycles. The van der Waals surface area contributed by atoms with Crippen LogP contribution < -0.4 is 0 Å². The van der Waals surface area contributed by atoms with Crippen LogP contribution in [0, 0.1) is 0 Å². The van der Waals surface area contributed by atoms with Gasteiger partial charge < -0.3 is 9.67 Å². The van der Waals surface area contributed by atoms with Gasteiger partial charge in [-0.05, 0) is 31.4 Å². The second-order valence-electron chi connectivity index (χ2n) is 5.44. The molecular weight excluding hydrogens is 290 g/mol. The molecule has 2 aromatic heterocycles. The summed E-state index contributed by atoms with van der Waals surface area (Å²) in [5.74, 6) is 1.04. The first kappa shape index (κ1) is 14.5. The lowest BCUT2D eigenvalue weighted by Gasteiger charge is -2.11. The number of aryl methyl sites for hydroxylation is 1. The Hall–Kier alpha value is -1.47. The van der Waals surface area contributed by atoms with Gasteiger partial charge in [0.2, 0.25) is 0 Å². The molecule has 2 aromatic rings. The maximum absolute atomic E-state index is 12.0. The van der Waals surface area contributed by atoms with E-state index in [1.165, 1.54) is 0 Å². The lowest BCUT2D eigenvalue weighted by Crippen LogP contribution is -2.21. The number of aliphatic hydroxyl groups is 1. The number of fused-ring (bicyclic) bond motifs is 1. The Kier molecular flexibility index (Phi) is 3.95. The lowest BCUT2D eigenvalue weighted by molar-refractivity contribution is 0.279. The molecule has 1 aliphatic rings. The lowest BCUT2D eigenvalue weighted by atomic mass is 10.2. The highest BCUT2D eigenvalue weighted by molar-refractivity contribution is 7.92. The molecule has 0 amide bonds. The Balaban J connectivity index is 1.97. The molecule has 7 heteroatoms. The van der Waals surface area contributed by atoms with Crippen molar-refractivity contribution in [2.45, 2.75) is 37.5 Å². The van der Waals surface area contributed by atoms with Gasteiger partial charge in [-0.25, -0.2) is 18.4 Å². The first-order valence-electron chi connectivity index (χ1n) is 7.24. The van der Waals surface area contributed by atoms with Crippen molar-refractivity contribution in [1.82, 2.24) is 14.5 Å². The summed E-state index contributed by atoms with van der Waals surface area (Å²) in [6.07, 6.45) is 4.19. The zero-order chi connectivity index (χ0) is 14.9. The van der Waals surface area contributed by atoms with E-state index >= 15 is 0 Å². The Bertz CT molecular complexity index is 739. The molecule has 1 N–H and O–H groups in total. The zero-order valence-electron chi connectivity index (χ0n) is 11.8. The maximum Gasteiger partial charge on any atom is 0.159 e. The van der Waals surface area contributed by atoms with E-state index in [-0.39, 0.29) is 17.6 Å². The predicted octanol–water partition coefficient (Wildman–Crippen LogP) is 0.933. The molecule has 1 fully saturated rings. The summed E-state index contributed by atoms with van der Waals surface area (Å²) in [5, 5.41) is 8.71. The molecule has 0 saturated carbocycles. The van der Waals surface area contributed by atoms with Crippen LogP contribution in [0.3, 0.4) is 0 Å².